The van der Waals surface area contributed by atoms with E-state index in [2.05, 4.69) is 20.7 Å². The molecule has 2 aromatic heterocycles. The molecule has 72 heavy (non-hydrogen) atoms. The summed E-state index contributed by atoms with van der Waals surface area (Å²) in [4.78, 5) is 61.6. The van der Waals surface area contributed by atoms with E-state index >= 15 is 0 Å². The SMILES string of the molecule is Cc1ncsc1-c1ccc([C@H](C)NC(=O)[C@@H]2C[C@@H](O)CN2C(=O)C(CC(=O)COCCc2cnn(-c3ccc(C(=O)NC4C(C)(C)C(Oc5ccc(C#N)c(C(F)(F)F)c5)C4(C)C)cc3)c2)C(C)(C)C)cc1. The second kappa shape index (κ2) is 21.0. The fourth-order valence-corrected chi connectivity index (χ4v) is 11.1. The third kappa shape index (κ3) is 11.6. The number of hydrogen-bond donors (Lipinski definition) is 3. The van der Waals surface area contributed by atoms with Gasteiger partial charge in [0.15, 0.2) is 5.78 Å². The van der Waals surface area contributed by atoms with E-state index < -0.39 is 63.8 Å². The molecule has 2 fully saturated rings. The van der Waals surface area contributed by atoms with E-state index in [0.717, 1.165) is 39.4 Å². The number of aryl methyl sites for hydroxylation is 1. The minimum Gasteiger partial charge on any atom is -0.489 e. The normalized spacial score (nSPS) is 20.2. The molecule has 18 heteroatoms. The molecule has 1 saturated carbocycles. The maximum Gasteiger partial charge on any atom is 0.417 e. The number of hydrogen-bond acceptors (Lipinski definition) is 11. The number of amides is 3. The standard InChI is InChI=1S/C54H62F3N7O7S/c1-31(34-10-12-35(13-11-34)45-32(2)59-30-72-45)61-47(68)44-23-39(65)28-63(44)48(69)43(51(3,4)5)22-40(66)29-70-21-20-33-26-60-64(27-33)38-17-14-36(15-18-38)46(67)62-49-52(6,7)50(53(49,8)9)71-41-19-16-37(25-58)42(24-41)54(55,56)57/h10-19,24,26-27,30-31,39,43-44,49-50,65H,20-23,28-29H2,1-9H3,(H,61,68)(H,62,67)/t31-,39+,43?,44-,49?,50?/m0/s1. The van der Waals surface area contributed by atoms with Crippen LogP contribution in [0.1, 0.15) is 113 Å². The van der Waals surface area contributed by atoms with Gasteiger partial charge in [-0.1, -0.05) is 72.7 Å². The summed E-state index contributed by atoms with van der Waals surface area (Å²) in [6, 6.07) is 18.0. The summed E-state index contributed by atoms with van der Waals surface area (Å²) >= 11 is 1.56. The number of halogens is 3. The Hall–Kier alpha value is -6.42. The van der Waals surface area contributed by atoms with Gasteiger partial charge in [0.2, 0.25) is 11.8 Å². The lowest BCUT2D eigenvalue weighted by Gasteiger charge is -2.63. The molecule has 3 aromatic carbocycles. The molecule has 7 rings (SSSR count). The molecule has 0 spiro atoms. The molecule has 2 aliphatic rings. The summed E-state index contributed by atoms with van der Waals surface area (Å²) in [6.45, 7) is 16.9. The fourth-order valence-electron chi connectivity index (χ4n) is 10.3. The van der Waals surface area contributed by atoms with Crippen LogP contribution in [-0.2, 0) is 31.7 Å². The van der Waals surface area contributed by atoms with Crippen molar-refractivity contribution in [3.8, 4) is 27.9 Å². The van der Waals surface area contributed by atoms with Crippen molar-refractivity contribution in [3.05, 3.63) is 118 Å². The van der Waals surface area contributed by atoms with Crippen LogP contribution in [-0.4, -0.2) is 92.3 Å². The van der Waals surface area contributed by atoms with Gasteiger partial charge in [-0.2, -0.15) is 23.5 Å². The van der Waals surface area contributed by atoms with E-state index in [-0.39, 0.29) is 67.9 Å². The number of rotatable bonds is 17. The highest BCUT2D eigenvalue weighted by Gasteiger charge is 2.64. The predicted octanol–water partition coefficient (Wildman–Crippen LogP) is 8.83. The van der Waals surface area contributed by atoms with Crippen molar-refractivity contribution < 1.29 is 46.9 Å². The lowest BCUT2D eigenvalue weighted by molar-refractivity contribution is -0.164. The Balaban J connectivity index is 0.876. The molecule has 4 atom stereocenters. The van der Waals surface area contributed by atoms with E-state index in [9.17, 15) is 42.7 Å². The third-order valence-electron chi connectivity index (χ3n) is 14.0. The first-order valence-corrected chi connectivity index (χ1v) is 24.8. The number of β-amino-alcohol motifs (C(OH)–C–C–N with tert-alkyl or cyclic N) is 1. The Morgan fingerprint density at radius 3 is 2.29 bits per heavy atom. The first-order chi connectivity index (χ1) is 33.8. The van der Waals surface area contributed by atoms with E-state index in [1.165, 1.54) is 11.0 Å². The molecular formula is C54H62F3N7O7S. The minimum absolute atomic E-state index is 0.0139. The maximum atomic E-state index is 14.2. The topological polar surface area (TPSA) is 189 Å². The second-order valence-electron chi connectivity index (χ2n) is 21.2. The van der Waals surface area contributed by atoms with Crippen molar-refractivity contribution in [2.24, 2.45) is 22.2 Å². The summed E-state index contributed by atoms with van der Waals surface area (Å²) in [5, 5.41) is 30.4. The molecule has 1 aliphatic carbocycles. The van der Waals surface area contributed by atoms with Crippen molar-refractivity contribution in [3.63, 3.8) is 0 Å². The summed E-state index contributed by atoms with van der Waals surface area (Å²) < 4.78 is 54.4. The molecule has 5 aromatic rings. The Morgan fingerprint density at radius 2 is 1.68 bits per heavy atom. The van der Waals surface area contributed by atoms with Gasteiger partial charge in [0.25, 0.3) is 5.91 Å². The van der Waals surface area contributed by atoms with Crippen LogP contribution in [0.4, 0.5) is 13.2 Å². The largest absolute Gasteiger partial charge is 0.489 e. The first kappa shape index (κ1) is 53.4. The molecule has 1 saturated heterocycles. The maximum absolute atomic E-state index is 14.2. The molecule has 3 N–H and O–H groups in total. The number of Topliss-reactive ketones (excluding diaryl/α,β-unsaturated/α-hetero) is 1. The molecular weight excluding hydrogens is 948 g/mol. The monoisotopic (exact) mass is 1010 g/mol. The van der Waals surface area contributed by atoms with Gasteiger partial charge >= 0.3 is 6.18 Å². The molecule has 0 radical (unpaired) electrons. The zero-order chi connectivity index (χ0) is 52.5. The summed E-state index contributed by atoms with van der Waals surface area (Å²) in [7, 11) is 0. The van der Waals surface area contributed by atoms with Crippen LogP contribution >= 0.6 is 11.3 Å². The van der Waals surface area contributed by atoms with E-state index in [1.807, 2.05) is 92.8 Å². The smallest absolute Gasteiger partial charge is 0.417 e. The van der Waals surface area contributed by atoms with E-state index in [1.54, 1.807) is 58.1 Å². The lowest BCUT2D eigenvalue weighted by Crippen LogP contribution is -2.74. The van der Waals surface area contributed by atoms with Gasteiger partial charge in [0.05, 0.1) is 63.9 Å². The summed E-state index contributed by atoms with van der Waals surface area (Å²) in [5.41, 5.74) is 3.08. The molecule has 382 valence electrons. The summed E-state index contributed by atoms with van der Waals surface area (Å²) in [6.07, 6.45) is -2.24. The average molecular weight is 1010 g/mol. The molecule has 0 bridgehead atoms. The molecule has 3 heterocycles. The van der Waals surface area contributed by atoms with Gasteiger partial charge in [0.1, 0.15) is 24.5 Å². The van der Waals surface area contributed by atoms with Crippen molar-refractivity contribution in [2.75, 3.05) is 19.8 Å². The number of likely N-dealkylation sites (tertiary alicyclic amines) is 1. The Morgan fingerprint density at radius 1 is 1.00 bits per heavy atom. The molecule has 14 nitrogen and oxygen atoms in total. The Bertz CT molecular complexity index is 2810. The highest BCUT2D eigenvalue weighted by molar-refractivity contribution is 7.13. The number of carbonyl (C=O) groups is 4. The fraction of sp³-hybridized carbons (Fsp3) is 0.463. The number of thiazole rings is 1. The van der Waals surface area contributed by atoms with Crippen molar-refractivity contribution in [1.29, 1.82) is 5.26 Å². The van der Waals surface area contributed by atoms with Crippen LogP contribution in [0.15, 0.2) is 84.6 Å². The van der Waals surface area contributed by atoms with Crippen LogP contribution in [0.25, 0.3) is 16.1 Å². The number of aliphatic hydroxyl groups excluding tert-OH is 1. The van der Waals surface area contributed by atoms with Crippen LogP contribution in [0.3, 0.4) is 0 Å². The van der Waals surface area contributed by atoms with Gasteiger partial charge in [0, 0.05) is 53.9 Å². The number of aromatic nitrogens is 3. The van der Waals surface area contributed by atoms with Crippen LogP contribution in [0.2, 0.25) is 0 Å². The number of benzene rings is 3. The van der Waals surface area contributed by atoms with Crippen molar-refractivity contribution >= 4 is 34.8 Å². The zero-order valence-electron chi connectivity index (χ0n) is 42.0. The number of aliphatic hydroxyl groups is 1. The predicted molar refractivity (Wildman–Crippen MR) is 265 cm³/mol. The highest BCUT2D eigenvalue weighted by atomic mass is 32.1. The average Bonchev–Trinajstić information content (AvgIpc) is 4.09. The van der Waals surface area contributed by atoms with Gasteiger partial charge in [-0.15, -0.1) is 11.3 Å². The van der Waals surface area contributed by atoms with Crippen LogP contribution < -0.4 is 15.4 Å². The number of ether oxygens (including phenoxy) is 2. The Kier molecular flexibility index (Phi) is 15.5. The molecule has 1 aliphatic heterocycles. The zero-order valence-corrected chi connectivity index (χ0v) is 42.8. The van der Waals surface area contributed by atoms with E-state index in [4.69, 9.17) is 9.47 Å². The number of alkyl halides is 3. The molecule has 3 amide bonds. The van der Waals surface area contributed by atoms with Gasteiger partial charge in [-0.25, -0.2) is 9.67 Å². The minimum atomic E-state index is -4.72. The van der Waals surface area contributed by atoms with Crippen LogP contribution in [0, 0.1) is 40.4 Å². The number of nitriles is 1. The second-order valence-corrected chi connectivity index (χ2v) is 22.0. The third-order valence-corrected chi connectivity index (χ3v) is 15.0. The number of nitrogens with one attached hydrogen (secondary N) is 2. The number of carbonyl (C=O) groups excluding carboxylic acids is 4. The Labute approximate surface area is 421 Å². The van der Waals surface area contributed by atoms with Gasteiger partial charge in [-0.3, -0.25) is 19.2 Å². The number of ketones is 1. The molecule has 1 unspecified atom stereocenters. The first-order valence-electron chi connectivity index (χ1n) is 23.9. The van der Waals surface area contributed by atoms with Gasteiger partial charge < -0.3 is 30.1 Å². The van der Waals surface area contributed by atoms with Gasteiger partial charge in [-0.05, 0) is 84.8 Å². The quantitative estimate of drug-likeness (QED) is 0.0760. The van der Waals surface area contributed by atoms with Crippen molar-refractivity contribution in [1.82, 2.24) is 30.3 Å². The highest BCUT2D eigenvalue weighted by Crippen LogP contribution is 2.56. The van der Waals surface area contributed by atoms with E-state index in [0.29, 0.717) is 17.7 Å². The van der Waals surface area contributed by atoms with Crippen LogP contribution in [0.5, 0.6) is 5.75 Å². The van der Waals surface area contributed by atoms with Crippen molar-refractivity contribution in [2.45, 2.75) is 118 Å². The number of nitrogens with zero attached hydrogens (tertiary/aromatic N) is 5. The summed E-state index contributed by atoms with van der Waals surface area (Å²) in [5.74, 6) is -2.12. The lowest BCUT2D eigenvalue weighted by atomic mass is 9.49.